The SMILES string of the molecule is C=CCOC(=O)c1ccc[n-]1.[Ir].[c-]1ccccc1-c1ccccn1. The maximum absolute atomic E-state index is 10.9. The van der Waals surface area contributed by atoms with Crippen LogP contribution in [-0.4, -0.2) is 17.6 Å². The number of rotatable bonds is 4. The monoisotopic (exact) mass is 497 g/mol. The fourth-order valence-corrected chi connectivity index (χ4v) is 1.70. The van der Waals surface area contributed by atoms with Crippen molar-refractivity contribution >= 4 is 5.97 Å². The van der Waals surface area contributed by atoms with Crippen molar-refractivity contribution in [1.29, 1.82) is 0 Å². The van der Waals surface area contributed by atoms with Crippen LogP contribution in [0.1, 0.15) is 10.5 Å². The average molecular weight is 497 g/mol. The summed E-state index contributed by atoms with van der Waals surface area (Å²) in [6, 6.07) is 20.1. The Morgan fingerprint density at radius 2 is 2.04 bits per heavy atom. The minimum absolute atomic E-state index is 0. The summed E-state index contributed by atoms with van der Waals surface area (Å²) in [4.78, 5) is 18.9. The normalized spacial score (nSPS) is 9.00. The Kier molecular flexibility index (Phi) is 9.05. The smallest absolute Gasteiger partial charge is 0.316 e. The zero-order valence-corrected chi connectivity index (χ0v) is 15.3. The molecular formula is C19H16IrN2O2-2. The van der Waals surface area contributed by atoms with E-state index < -0.39 is 5.97 Å². The average Bonchev–Trinajstić information content (AvgIpc) is 3.16. The number of hydrogen-bond acceptors (Lipinski definition) is 3. The molecule has 2 heterocycles. The Labute approximate surface area is 155 Å². The Morgan fingerprint density at radius 1 is 1.21 bits per heavy atom. The van der Waals surface area contributed by atoms with Gasteiger partial charge in [0.1, 0.15) is 6.61 Å². The Hall–Kier alpha value is -2.49. The maximum atomic E-state index is 10.9. The number of aromatic nitrogens is 2. The van der Waals surface area contributed by atoms with E-state index in [0.717, 1.165) is 11.3 Å². The third kappa shape index (κ3) is 6.32. The van der Waals surface area contributed by atoms with Gasteiger partial charge in [-0.25, -0.2) is 4.79 Å². The van der Waals surface area contributed by atoms with Crippen molar-refractivity contribution in [3.05, 3.63) is 91.4 Å². The summed E-state index contributed by atoms with van der Waals surface area (Å²) >= 11 is 0. The van der Waals surface area contributed by atoms with Crippen molar-refractivity contribution in [3.8, 4) is 11.3 Å². The zero-order chi connectivity index (χ0) is 16.3. The molecule has 0 aliphatic rings. The molecule has 1 aromatic carbocycles. The summed E-state index contributed by atoms with van der Waals surface area (Å²) < 4.78 is 4.72. The second-order valence-corrected chi connectivity index (χ2v) is 4.40. The topological polar surface area (TPSA) is 53.3 Å². The Morgan fingerprint density at radius 3 is 2.62 bits per heavy atom. The molecule has 0 bridgehead atoms. The van der Waals surface area contributed by atoms with Gasteiger partial charge in [-0.05, 0) is 17.5 Å². The van der Waals surface area contributed by atoms with Gasteiger partial charge >= 0.3 is 5.97 Å². The van der Waals surface area contributed by atoms with Crippen molar-refractivity contribution < 1.29 is 29.6 Å². The van der Waals surface area contributed by atoms with E-state index in [1.807, 2.05) is 42.5 Å². The first-order valence-corrected chi connectivity index (χ1v) is 7.05. The van der Waals surface area contributed by atoms with Crippen LogP contribution < -0.4 is 4.98 Å². The Bertz CT molecular complexity index is 676. The number of esters is 1. The van der Waals surface area contributed by atoms with Gasteiger partial charge in [-0.15, -0.1) is 35.9 Å². The van der Waals surface area contributed by atoms with Gasteiger partial charge in [0.25, 0.3) is 0 Å². The molecule has 0 unspecified atom stereocenters. The summed E-state index contributed by atoms with van der Waals surface area (Å²) in [6.07, 6.45) is 4.85. The number of benzene rings is 1. The summed E-state index contributed by atoms with van der Waals surface area (Å²) in [5.74, 6) is -0.407. The van der Waals surface area contributed by atoms with Gasteiger partial charge in [0.15, 0.2) is 0 Å². The van der Waals surface area contributed by atoms with E-state index in [1.54, 1.807) is 24.5 Å². The molecule has 0 aliphatic heterocycles. The molecule has 3 aromatic rings. The predicted molar refractivity (Wildman–Crippen MR) is 88.8 cm³/mol. The molecule has 24 heavy (non-hydrogen) atoms. The van der Waals surface area contributed by atoms with Crippen LogP contribution in [0.3, 0.4) is 0 Å². The molecule has 0 saturated heterocycles. The Balaban J connectivity index is 0.000000232. The number of hydrogen-bond donors (Lipinski definition) is 0. The van der Waals surface area contributed by atoms with E-state index in [2.05, 4.69) is 22.6 Å². The molecular weight excluding hydrogens is 480 g/mol. The van der Waals surface area contributed by atoms with Crippen LogP contribution in [0.15, 0.2) is 79.6 Å². The second-order valence-electron chi connectivity index (χ2n) is 4.40. The first-order valence-electron chi connectivity index (χ1n) is 7.05. The van der Waals surface area contributed by atoms with Crippen LogP contribution in [0.4, 0.5) is 0 Å². The molecule has 4 nitrogen and oxygen atoms in total. The molecule has 0 atom stereocenters. The first-order chi connectivity index (χ1) is 11.3. The van der Waals surface area contributed by atoms with Crippen LogP contribution >= 0.6 is 0 Å². The van der Waals surface area contributed by atoms with Gasteiger partial charge in [0.05, 0.1) is 0 Å². The third-order valence-corrected chi connectivity index (χ3v) is 2.75. The van der Waals surface area contributed by atoms with Gasteiger partial charge in [0, 0.05) is 26.3 Å². The van der Waals surface area contributed by atoms with Gasteiger partial charge in [-0.3, -0.25) is 0 Å². The first kappa shape index (κ1) is 19.6. The number of carbonyl (C=O) groups is 1. The molecule has 0 saturated carbocycles. The number of carbonyl (C=O) groups excluding carboxylic acids is 1. The van der Waals surface area contributed by atoms with Gasteiger partial charge in [0.2, 0.25) is 0 Å². The molecule has 3 rings (SSSR count). The van der Waals surface area contributed by atoms with Crippen molar-refractivity contribution in [2.45, 2.75) is 0 Å². The van der Waals surface area contributed by atoms with E-state index in [9.17, 15) is 4.79 Å². The van der Waals surface area contributed by atoms with Crippen molar-refractivity contribution in [3.63, 3.8) is 0 Å². The summed E-state index contributed by atoms with van der Waals surface area (Å²) in [6.45, 7) is 3.64. The van der Waals surface area contributed by atoms with Crippen LogP contribution in [-0.2, 0) is 24.8 Å². The van der Waals surface area contributed by atoms with Crippen LogP contribution in [0.2, 0.25) is 0 Å². The fraction of sp³-hybridized carbons (Fsp3) is 0.0526. The fourth-order valence-electron chi connectivity index (χ4n) is 1.70. The molecule has 0 N–H and O–H groups in total. The van der Waals surface area contributed by atoms with Crippen molar-refractivity contribution in [2.24, 2.45) is 0 Å². The van der Waals surface area contributed by atoms with E-state index in [1.165, 1.54) is 6.08 Å². The summed E-state index contributed by atoms with van der Waals surface area (Å²) in [7, 11) is 0. The van der Waals surface area contributed by atoms with Crippen LogP contribution in [0, 0.1) is 6.07 Å². The van der Waals surface area contributed by atoms with E-state index >= 15 is 0 Å². The van der Waals surface area contributed by atoms with E-state index in [4.69, 9.17) is 4.74 Å². The summed E-state index contributed by atoms with van der Waals surface area (Å²) in [5, 5.41) is 0. The minimum atomic E-state index is -0.407. The second kappa shape index (κ2) is 11.1. The van der Waals surface area contributed by atoms with Gasteiger partial charge < -0.3 is 14.7 Å². The van der Waals surface area contributed by atoms with Gasteiger partial charge in [-0.2, -0.15) is 6.20 Å². The third-order valence-electron chi connectivity index (χ3n) is 2.75. The zero-order valence-electron chi connectivity index (χ0n) is 12.9. The largest absolute Gasteiger partial charge is 0.658 e. The molecule has 5 heteroatoms. The predicted octanol–water partition coefficient (Wildman–Crippen LogP) is 3.53. The maximum Gasteiger partial charge on any atom is 0.316 e. The quantitative estimate of drug-likeness (QED) is 0.315. The van der Waals surface area contributed by atoms with E-state index in [-0.39, 0.29) is 26.7 Å². The molecule has 125 valence electrons. The minimum Gasteiger partial charge on any atom is -0.658 e. The van der Waals surface area contributed by atoms with Gasteiger partial charge in [-0.1, -0.05) is 36.9 Å². The molecule has 2 aromatic heterocycles. The van der Waals surface area contributed by atoms with Crippen LogP contribution in [0.5, 0.6) is 0 Å². The molecule has 0 spiro atoms. The molecule has 0 aliphatic carbocycles. The molecule has 1 radical (unpaired) electrons. The summed E-state index contributed by atoms with van der Waals surface area (Å²) in [5.41, 5.74) is 2.35. The molecule has 0 fully saturated rings. The van der Waals surface area contributed by atoms with E-state index in [0.29, 0.717) is 5.69 Å². The standard InChI is InChI=1S/C11H8N.C8H9NO2.Ir/c1-2-6-10(7-3-1)11-8-4-5-9-12-11;1-2-6-11-8(10)7-4-3-5-9-7;/h1-6,8-9H;2-5H,1,6H2,(H,9,10);/q-1;;/p-1. The number of ether oxygens (including phenoxy) is 1. The number of pyridine rings is 1. The van der Waals surface area contributed by atoms with Crippen molar-refractivity contribution in [1.82, 2.24) is 9.97 Å². The van der Waals surface area contributed by atoms with Crippen molar-refractivity contribution in [2.75, 3.05) is 6.61 Å². The van der Waals surface area contributed by atoms with Crippen LogP contribution in [0.25, 0.3) is 11.3 Å². The number of nitrogens with zero attached hydrogens (tertiary/aromatic N) is 2. The molecule has 0 amide bonds.